The Balaban J connectivity index is 2.47. The van der Waals surface area contributed by atoms with E-state index < -0.39 is 17.8 Å². The molecule has 102 valence electrons. The molecule has 0 aliphatic carbocycles. The van der Waals surface area contributed by atoms with Crippen LogP contribution in [0.5, 0.6) is 0 Å². The Kier molecular flexibility index (Phi) is 3.98. The molecule has 0 spiro atoms. The van der Waals surface area contributed by atoms with Crippen molar-refractivity contribution in [3.05, 3.63) is 49.9 Å². The van der Waals surface area contributed by atoms with Crippen molar-refractivity contribution in [1.82, 2.24) is 4.98 Å². The zero-order valence-electron chi connectivity index (χ0n) is 9.83. The van der Waals surface area contributed by atoms with Crippen molar-refractivity contribution in [2.45, 2.75) is 19.1 Å². The first-order valence-electron chi connectivity index (χ1n) is 5.33. The van der Waals surface area contributed by atoms with E-state index in [9.17, 15) is 13.2 Å². The van der Waals surface area contributed by atoms with Crippen LogP contribution in [0.2, 0.25) is 0 Å². The van der Waals surface area contributed by atoms with Crippen molar-refractivity contribution in [2.24, 2.45) is 5.73 Å². The van der Waals surface area contributed by atoms with Crippen molar-refractivity contribution in [1.29, 1.82) is 0 Å². The molecule has 19 heavy (non-hydrogen) atoms. The fraction of sp³-hybridized carbons (Fsp3) is 0.250. The maximum atomic E-state index is 12.9. The molecule has 0 saturated carbocycles. The normalized spacial score (nSPS) is 13.6. The largest absolute Gasteiger partial charge is 0.416 e. The van der Waals surface area contributed by atoms with Gasteiger partial charge in [0, 0.05) is 22.8 Å². The lowest BCUT2D eigenvalue weighted by Crippen LogP contribution is -2.18. The topological polar surface area (TPSA) is 38.9 Å². The van der Waals surface area contributed by atoms with E-state index in [0.29, 0.717) is 4.88 Å². The summed E-state index contributed by atoms with van der Waals surface area (Å²) in [6.07, 6.45) is -2.13. The Morgan fingerprint density at radius 1 is 1.42 bits per heavy atom. The molecule has 7 heteroatoms. The monoisotopic (exact) mass is 350 g/mol. The molecular weight excluding hydrogens is 341 g/mol. The summed E-state index contributed by atoms with van der Waals surface area (Å²) in [5, 5.41) is 0. The first-order chi connectivity index (χ1) is 8.80. The summed E-state index contributed by atoms with van der Waals surface area (Å²) in [6.45, 7) is 1.87. The van der Waals surface area contributed by atoms with Gasteiger partial charge in [-0.25, -0.2) is 0 Å². The number of rotatable bonds is 2. The minimum atomic E-state index is -4.43. The van der Waals surface area contributed by atoms with Gasteiger partial charge in [-0.2, -0.15) is 13.2 Å². The van der Waals surface area contributed by atoms with Crippen LogP contribution >= 0.6 is 27.3 Å². The van der Waals surface area contributed by atoms with Gasteiger partial charge in [-0.15, -0.1) is 11.3 Å². The Bertz CT molecular complexity index is 575. The number of halogens is 4. The van der Waals surface area contributed by atoms with Gasteiger partial charge in [-0.1, -0.05) is 0 Å². The van der Waals surface area contributed by atoms with Gasteiger partial charge in [0.2, 0.25) is 0 Å². The van der Waals surface area contributed by atoms with Crippen LogP contribution in [0.3, 0.4) is 0 Å². The molecule has 2 heterocycles. The minimum absolute atomic E-state index is 0.0104. The summed E-state index contributed by atoms with van der Waals surface area (Å²) in [6, 6.07) is 1.90. The summed E-state index contributed by atoms with van der Waals surface area (Å²) < 4.78 is 39.6. The highest BCUT2D eigenvalue weighted by Crippen LogP contribution is 2.38. The minimum Gasteiger partial charge on any atom is -0.320 e. The number of hydrogen-bond donors (Lipinski definition) is 1. The second kappa shape index (κ2) is 5.22. The highest BCUT2D eigenvalue weighted by Gasteiger charge is 2.35. The van der Waals surface area contributed by atoms with Crippen LogP contribution in [0.25, 0.3) is 0 Å². The molecule has 2 nitrogen and oxygen atoms in total. The third-order valence-electron chi connectivity index (χ3n) is 2.68. The number of nitrogens with zero attached hydrogens (tertiary/aromatic N) is 1. The Labute approximate surface area is 120 Å². The van der Waals surface area contributed by atoms with Gasteiger partial charge in [0.15, 0.2) is 0 Å². The van der Waals surface area contributed by atoms with E-state index in [2.05, 4.69) is 20.9 Å². The smallest absolute Gasteiger partial charge is 0.320 e. The molecule has 2 rings (SSSR count). The van der Waals surface area contributed by atoms with E-state index in [1.54, 1.807) is 6.07 Å². The molecule has 0 aliphatic rings. The third kappa shape index (κ3) is 2.98. The maximum absolute atomic E-state index is 12.9. The molecule has 1 unspecified atom stereocenters. The SMILES string of the molecule is Cc1cc(C(N)c2cnccc2C(F)(F)F)sc1Br. The zero-order chi connectivity index (χ0) is 14.2. The molecule has 0 aromatic carbocycles. The molecule has 2 aromatic rings. The fourth-order valence-electron chi connectivity index (χ4n) is 1.70. The highest BCUT2D eigenvalue weighted by atomic mass is 79.9. The first-order valence-corrected chi connectivity index (χ1v) is 6.94. The van der Waals surface area contributed by atoms with Crippen LogP contribution in [-0.2, 0) is 6.18 Å². The standard InChI is InChI=1S/C12H10BrF3N2S/c1-6-4-9(19-11(6)13)10(17)7-5-18-3-2-8(7)12(14,15)16/h2-5,10H,17H2,1H3. The van der Waals surface area contributed by atoms with E-state index in [0.717, 1.165) is 21.6 Å². The predicted octanol–water partition coefficient (Wildman–Crippen LogP) is 4.28. The summed E-state index contributed by atoms with van der Waals surface area (Å²) in [5.74, 6) is 0. The molecule has 2 aromatic heterocycles. The van der Waals surface area contributed by atoms with Gasteiger partial charge >= 0.3 is 6.18 Å². The van der Waals surface area contributed by atoms with Gasteiger partial charge in [0.25, 0.3) is 0 Å². The average Bonchev–Trinajstić information content (AvgIpc) is 2.68. The van der Waals surface area contributed by atoms with E-state index in [4.69, 9.17) is 5.73 Å². The second-order valence-electron chi connectivity index (χ2n) is 4.04. The number of nitrogens with two attached hydrogens (primary N) is 1. The molecule has 0 saturated heterocycles. The quantitative estimate of drug-likeness (QED) is 0.877. The maximum Gasteiger partial charge on any atom is 0.416 e. The van der Waals surface area contributed by atoms with Gasteiger partial charge in [-0.3, -0.25) is 4.98 Å². The molecule has 0 radical (unpaired) electrons. The van der Waals surface area contributed by atoms with Crippen molar-refractivity contribution in [3.63, 3.8) is 0 Å². The third-order valence-corrected chi connectivity index (χ3v) is 4.89. The van der Waals surface area contributed by atoms with Gasteiger partial charge in [0.05, 0.1) is 15.4 Å². The Morgan fingerprint density at radius 3 is 2.63 bits per heavy atom. The van der Waals surface area contributed by atoms with Crippen LogP contribution < -0.4 is 5.73 Å². The lowest BCUT2D eigenvalue weighted by atomic mass is 10.0. The summed E-state index contributed by atoms with van der Waals surface area (Å²) in [5.41, 5.74) is 6.15. The van der Waals surface area contributed by atoms with Gasteiger partial charge in [-0.05, 0) is 40.5 Å². The van der Waals surface area contributed by atoms with Crippen molar-refractivity contribution in [2.75, 3.05) is 0 Å². The summed E-state index contributed by atoms with van der Waals surface area (Å²) in [4.78, 5) is 4.42. The van der Waals surface area contributed by atoms with Crippen molar-refractivity contribution < 1.29 is 13.2 Å². The van der Waals surface area contributed by atoms with Crippen molar-refractivity contribution >= 4 is 27.3 Å². The lowest BCUT2D eigenvalue weighted by Gasteiger charge is -2.16. The Morgan fingerprint density at radius 2 is 2.11 bits per heavy atom. The number of aromatic nitrogens is 1. The number of thiophene rings is 1. The highest BCUT2D eigenvalue weighted by molar-refractivity contribution is 9.11. The van der Waals surface area contributed by atoms with Crippen LogP contribution in [0.4, 0.5) is 13.2 Å². The fourth-order valence-corrected chi connectivity index (χ4v) is 3.29. The van der Waals surface area contributed by atoms with Crippen molar-refractivity contribution in [3.8, 4) is 0 Å². The number of hydrogen-bond acceptors (Lipinski definition) is 3. The molecule has 0 aliphatic heterocycles. The average molecular weight is 351 g/mol. The summed E-state index contributed by atoms with van der Waals surface area (Å²) in [7, 11) is 0. The molecule has 1 atom stereocenters. The van der Waals surface area contributed by atoms with E-state index in [1.807, 2.05) is 6.92 Å². The van der Waals surface area contributed by atoms with E-state index >= 15 is 0 Å². The van der Waals surface area contributed by atoms with E-state index in [1.165, 1.54) is 17.5 Å². The molecule has 0 bridgehead atoms. The molecule has 0 amide bonds. The molecule has 0 fully saturated rings. The predicted molar refractivity (Wildman–Crippen MR) is 72.0 cm³/mol. The molecule has 2 N–H and O–H groups in total. The van der Waals surface area contributed by atoms with Crippen LogP contribution in [0.15, 0.2) is 28.3 Å². The van der Waals surface area contributed by atoms with Crippen LogP contribution in [-0.4, -0.2) is 4.98 Å². The van der Waals surface area contributed by atoms with Gasteiger partial charge in [0.1, 0.15) is 0 Å². The lowest BCUT2D eigenvalue weighted by molar-refractivity contribution is -0.138. The number of aryl methyl sites for hydroxylation is 1. The number of alkyl halides is 3. The zero-order valence-corrected chi connectivity index (χ0v) is 12.2. The molecular formula is C12H10BrF3N2S. The van der Waals surface area contributed by atoms with Crippen LogP contribution in [0, 0.1) is 6.92 Å². The summed E-state index contributed by atoms with van der Waals surface area (Å²) >= 11 is 4.67. The number of pyridine rings is 1. The van der Waals surface area contributed by atoms with Gasteiger partial charge < -0.3 is 5.73 Å². The van der Waals surface area contributed by atoms with E-state index in [-0.39, 0.29) is 5.56 Å². The van der Waals surface area contributed by atoms with Crippen LogP contribution in [0.1, 0.15) is 27.6 Å². The second-order valence-corrected chi connectivity index (χ2v) is 6.45. The first kappa shape index (κ1) is 14.5. The Hall–Kier alpha value is -0.920.